The highest BCUT2D eigenvalue weighted by Gasteiger charge is 2.24. The molecule has 6 nitrogen and oxygen atoms in total. The second-order valence-electron chi connectivity index (χ2n) is 18.7. The number of rotatable bonds is 49. The number of hydrogen-bond acceptors (Lipinski definition) is 5. The lowest BCUT2D eigenvalue weighted by molar-refractivity contribution is -0.151. The molecule has 0 saturated carbocycles. The predicted octanol–water partition coefficient (Wildman–Crippen LogP) is 16.5. The summed E-state index contributed by atoms with van der Waals surface area (Å²) in [6, 6.07) is -0.711. The van der Waals surface area contributed by atoms with Gasteiger partial charge in [0.05, 0.1) is 25.2 Å². The van der Waals surface area contributed by atoms with Crippen LogP contribution in [0.4, 0.5) is 0 Å². The highest BCUT2D eigenvalue weighted by Crippen LogP contribution is 2.18. The second-order valence-corrected chi connectivity index (χ2v) is 18.7. The van der Waals surface area contributed by atoms with Crippen LogP contribution >= 0.6 is 0 Å². The third-order valence-corrected chi connectivity index (χ3v) is 12.5. The van der Waals surface area contributed by atoms with E-state index in [1.54, 1.807) is 0 Å². The average Bonchev–Trinajstić information content (AvgIpc) is 3.26. The van der Waals surface area contributed by atoms with E-state index in [4.69, 9.17) is 4.74 Å². The number of amides is 1. The molecule has 0 aromatic carbocycles. The molecule has 3 atom stereocenters. The lowest BCUT2D eigenvalue weighted by Gasteiger charge is -2.24. The standard InChI is InChI=1S/C56H105NO5/c1-4-7-10-13-16-19-22-25-27-28-30-32-35-38-41-44-47-52(62-56(61)49-46-43-40-37-34-29-24-21-18-15-12-9-6-3)50-55(60)57-53(51-58)54(59)48-45-42-39-36-33-31-26-23-20-17-14-11-8-5-2/h27-30,32,34,52-54,58-59H,4-26,31,33,35-51H2,1-3H3,(H,57,60)/b28-27+,32-30+,34-29-. The Morgan fingerprint density at radius 2 is 0.823 bits per heavy atom. The fourth-order valence-electron chi connectivity index (χ4n) is 8.30. The Morgan fingerprint density at radius 1 is 0.468 bits per heavy atom. The number of unbranched alkanes of at least 4 members (excludes halogenated alkanes) is 32. The molecule has 0 radical (unpaired) electrons. The molecule has 1 amide bonds. The van der Waals surface area contributed by atoms with Gasteiger partial charge in [-0.05, 0) is 77.0 Å². The SMILES string of the molecule is CCCCCCCC/C=C\CCCCCC(=O)OC(CCCCC/C=C/C=C/CCCCCCCCC)CC(=O)NC(CO)C(O)CCCCCCCCCCCCCCCC. The first-order chi connectivity index (χ1) is 30.5. The van der Waals surface area contributed by atoms with E-state index in [1.807, 2.05) is 0 Å². The molecular weight excluding hydrogens is 767 g/mol. The number of carbonyl (C=O) groups excluding carboxylic acids is 2. The van der Waals surface area contributed by atoms with Crippen molar-refractivity contribution in [2.75, 3.05) is 6.61 Å². The van der Waals surface area contributed by atoms with Crippen LogP contribution in [-0.4, -0.2) is 46.9 Å². The van der Waals surface area contributed by atoms with Crippen LogP contribution in [0.3, 0.4) is 0 Å². The van der Waals surface area contributed by atoms with Crippen molar-refractivity contribution in [3.63, 3.8) is 0 Å². The summed E-state index contributed by atoms with van der Waals surface area (Å²) >= 11 is 0. The van der Waals surface area contributed by atoms with Crippen LogP contribution in [0.15, 0.2) is 36.5 Å². The summed E-state index contributed by atoms with van der Waals surface area (Å²) in [4.78, 5) is 26.2. The van der Waals surface area contributed by atoms with Crippen LogP contribution in [-0.2, 0) is 14.3 Å². The van der Waals surface area contributed by atoms with Crippen molar-refractivity contribution in [1.29, 1.82) is 0 Å². The first-order valence-electron chi connectivity index (χ1n) is 27.2. The zero-order valence-corrected chi connectivity index (χ0v) is 41.5. The van der Waals surface area contributed by atoms with Gasteiger partial charge in [0.25, 0.3) is 0 Å². The van der Waals surface area contributed by atoms with Crippen LogP contribution in [0.5, 0.6) is 0 Å². The number of ether oxygens (including phenoxy) is 1. The molecule has 62 heavy (non-hydrogen) atoms. The first-order valence-corrected chi connectivity index (χ1v) is 27.2. The van der Waals surface area contributed by atoms with Gasteiger partial charge in [-0.1, -0.05) is 231 Å². The van der Waals surface area contributed by atoms with Gasteiger partial charge in [0.15, 0.2) is 0 Å². The second kappa shape index (κ2) is 50.1. The lowest BCUT2D eigenvalue weighted by atomic mass is 10.0. The highest BCUT2D eigenvalue weighted by molar-refractivity contribution is 5.77. The minimum atomic E-state index is -0.795. The van der Waals surface area contributed by atoms with Gasteiger partial charge < -0.3 is 20.3 Å². The number of aliphatic hydroxyl groups excluding tert-OH is 2. The normalized spacial score (nSPS) is 13.4. The third-order valence-electron chi connectivity index (χ3n) is 12.5. The molecule has 0 fully saturated rings. The summed E-state index contributed by atoms with van der Waals surface area (Å²) in [7, 11) is 0. The largest absolute Gasteiger partial charge is 0.462 e. The number of hydrogen-bond donors (Lipinski definition) is 3. The molecule has 6 heteroatoms. The Balaban J connectivity index is 4.62. The maximum atomic E-state index is 13.2. The molecule has 0 heterocycles. The van der Waals surface area contributed by atoms with Gasteiger partial charge in [0.1, 0.15) is 6.10 Å². The van der Waals surface area contributed by atoms with Crippen molar-refractivity contribution in [3.8, 4) is 0 Å². The Hall–Kier alpha value is -1.92. The third kappa shape index (κ3) is 44.7. The van der Waals surface area contributed by atoms with Gasteiger partial charge in [-0.2, -0.15) is 0 Å². The zero-order valence-electron chi connectivity index (χ0n) is 41.5. The van der Waals surface area contributed by atoms with Crippen LogP contribution < -0.4 is 5.32 Å². The molecule has 3 N–H and O–H groups in total. The van der Waals surface area contributed by atoms with Gasteiger partial charge in [-0.25, -0.2) is 0 Å². The van der Waals surface area contributed by atoms with Crippen molar-refractivity contribution < 1.29 is 24.5 Å². The molecule has 0 bridgehead atoms. The smallest absolute Gasteiger partial charge is 0.306 e. The summed E-state index contributed by atoms with van der Waals surface area (Å²) in [5.74, 6) is -0.509. The van der Waals surface area contributed by atoms with Crippen molar-refractivity contribution in [2.24, 2.45) is 0 Å². The quantitative estimate of drug-likeness (QED) is 0.0245. The van der Waals surface area contributed by atoms with Crippen molar-refractivity contribution in [3.05, 3.63) is 36.5 Å². The molecule has 0 aliphatic carbocycles. The van der Waals surface area contributed by atoms with E-state index in [1.165, 1.54) is 161 Å². The number of esters is 1. The number of nitrogens with one attached hydrogen (secondary N) is 1. The fourth-order valence-corrected chi connectivity index (χ4v) is 8.30. The van der Waals surface area contributed by atoms with E-state index in [0.29, 0.717) is 19.3 Å². The molecule has 364 valence electrons. The molecule has 0 spiro atoms. The van der Waals surface area contributed by atoms with Crippen molar-refractivity contribution in [2.45, 2.75) is 302 Å². The Bertz CT molecular complexity index is 1020. The summed E-state index contributed by atoms with van der Waals surface area (Å²) in [6.45, 7) is 6.48. The van der Waals surface area contributed by atoms with Gasteiger partial charge in [0.2, 0.25) is 5.91 Å². The van der Waals surface area contributed by atoms with Crippen molar-refractivity contribution in [1.82, 2.24) is 5.32 Å². The molecule has 0 saturated heterocycles. The monoisotopic (exact) mass is 872 g/mol. The average molecular weight is 872 g/mol. The predicted molar refractivity (Wildman–Crippen MR) is 269 cm³/mol. The van der Waals surface area contributed by atoms with Gasteiger partial charge >= 0.3 is 5.97 Å². The first kappa shape index (κ1) is 60.1. The van der Waals surface area contributed by atoms with E-state index in [9.17, 15) is 19.8 Å². The highest BCUT2D eigenvalue weighted by atomic mass is 16.5. The van der Waals surface area contributed by atoms with Gasteiger partial charge in [-0.15, -0.1) is 0 Å². The summed E-state index contributed by atoms with van der Waals surface area (Å²) in [6.07, 6.45) is 59.2. The van der Waals surface area contributed by atoms with Crippen molar-refractivity contribution >= 4 is 11.9 Å². The van der Waals surface area contributed by atoms with Gasteiger partial charge in [0, 0.05) is 6.42 Å². The van der Waals surface area contributed by atoms with E-state index < -0.39 is 18.2 Å². The Morgan fingerprint density at radius 3 is 1.26 bits per heavy atom. The molecule has 3 unspecified atom stereocenters. The topological polar surface area (TPSA) is 95.9 Å². The van der Waals surface area contributed by atoms with E-state index >= 15 is 0 Å². The number of carbonyl (C=O) groups is 2. The molecule has 0 aliphatic heterocycles. The lowest BCUT2D eigenvalue weighted by Crippen LogP contribution is -2.46. The summed E-state index contributed by atoms with van der Waals surface area (Å²) in [5, 5.41) is 23.8. The number of allylic oxidation sites excluding steroid dienone is 6. The summed E-state index contributed by atoms with van der Waals surface area (Å²) in [5.41, 5.74) is 0. The van der Waals surface area contributed by atoms with Crippen LogP contribution in [0.1, 0.15) is 284 Å². The molecule has 0 rings (SSSR count). The van der Waals surface area contributed by atoms with E-state index in [-0.39, 0.29) is 24.9 Å². The maximum Gasteiger partial charge on any atom is 0.306 e. The van der Waals surface area contributed by atoms with Crippen LogP contribution in [0.2, 0.25) is 0 Å². The van der Waals surface area contributed by atoms with Crippen LogP contribution in [0, 0.1) is 0 Å². The maximum absolute atomic E-state index is 13.2. The molecule has 0 aromatic rings. The van der Waals surface area contributed by atoms with Crippen LogP contribution in [0.25, 0.3) is 0 Å². The Kier molecular flexibility index (Phi) is 48.5. The minimum absolute atomic E-state index is 0.0562. The molecule has 0 aliphatic rings. The summed E-state index contributed by atoms with van der Waals surface area (Å²) < 4.78 is 5.92. The minimum Gasteiger partial charge on any atom is -0.462 e. The van der Waals surface area contributed by atoms with E-state index in [0.717, 1.165) is 77.0 Å². The molecule has 0 aromatic heterocycles. The molecular formula is C56H105NO5. The van der Waals surface area contributed by atoms with Gasteiger partial charge in [-0.3, -0.25) is 9.59 Å². The van der Waals surface area contributed by atoms with E-state index in [2.05, 4.69) is 62.5 Å². The zero-order chi connectivity index (χ0) is 45.2. The Labute approximate surface area is 385 Å². The number of aliphatic hydroxyl groups is 2. The fraction of sp³-hybridized carbons (Fsp3) is 0.857.